The Labute approximate surface area is 135 Å². The van der Waals surface area contributed by atoms with E-state index in [0.29, 0.717) is 6.04 Å². The number of thiophene rings is 1. The highest BCUT2D eigenvalue weighted by molar-refractivity contribution is 7.13. The number of carbonyl (C=O) groups excluding carboxylic acids is 1. The van der Waals surface area contributed by atoms with Gasteiger partial charge in [0.05, 0.1) is 0 Å². The second-order valence-electron chi connectivity index (χ2n) is 6.13. The third-order valence-corrected chi connectivity index (χ3v) is 5.77. The Hall–Kier alpha value is -1.65. The van der Waals surface area contributed by atoms with Gasteiger partial charge in [0.1, 0.15) is 0 Å². The molecule has 3 aliphatic rings. The van der Waals surface area contributed by atoms with Crippen LogP contribution < -0.4 is 0 Å². The van der Waals surface area contributed by atoms with E-state index in [2.05, 4.69) is 39.4 Å². The first-order valence-corrected chi connectivity index (χ1v) is 8.86. The van der Waals surface area contributed by atoms with Gasteiger partial charge in [0.15, 0.2) is 0 Å². The highest BCUT2D eigenvalue weighted by atomic mass is 32.1. The molecule has 114 valence electrons. The summed E-state index contributed by atoms with van der Waals surface area (Å²) in [6.45, 7) is 4.18. The van der Waals surface area contributed by atoms with Crippen LogP contribution >= 0.6 is 11.3 Å². The van der Waals surface area contributed by atoms with Gasteiger partial charge in [-0.15, -0.1) is 11.3 Å². The summed E-state index contributed by atoms with van der Waals surface area (Å²) in [7, 11) is 0. The van der Waals surface area contributed by atoms with Gasteiger partial charge in [-0.25, -0.2) is 0 Å². The van der Waals surface area contributed by atoms with E-state index in [1.165, 1.54) is 10.4 Å². The molecular weight excluding hydrogens is 292 g/mol. The average Bonchev–Trinajstić information content (AvgIpc) is 2.95. The summed E-state index contributed by atoms with van der Waals surface area (Å²) in [5, 5.41) is 2.08. The molecule has 0 unspecified atom stereocenters. The third kappa shape index (κ3) is 2.57. The molecule has 2 bridgehead atoms. The van der Waals surface area contributed by atoms with E-state index in [0.717, 1.165) is 44.6 Å². The molecule has 1 aromatic heterocycles. The van der Waals surface area contributed by atoms with Crippen molar-refractivity contribution in [2.24, 2.45) is 0 Å². The molecule has 3 nitrogen and oxygen atoms in total. The standard InChI is InChI=1S/C18H20N2OS/c21-18(20-12-11-19-9-7-16(20)8-10-19)15-5-3-14(4-6-15)17-2-1-13-22-17/h1-6,13,16H,7-12H2. The van der Waals surface area contributed by atoms with Gasteiger partial charge in [0, 0.05) is 42.7 Å². The van der Waals surface area contributed by atoms with Gasteiger partial charge >= 0.3 is 0 Å². The van der Waals surface area contributed by atoms with E-state index in [1.807, 2.05) is 12.1 Å². The molecule has 0 radical (unpaired) electrons. The number of amides is 1. The van der Waals surface area contributed by atoms with Crippen LogP contribution in [0.2, 0.25) is 0 Å². The minimum Gasteiger partial charge on any atom is -0.334 e. The fourth-order valence-corrected chi connectivity index (χ4v) is 4.27. The molecule has 0 saturated carbocycles. The van der Waals surface area contributed by atoms with Crippen molar-refractivity contribution in [3.63, 3.8) is 0 Å². The molecule has 22 heavy (non-hydrogen) atoms. The molecule has 1 amide bonds. The van der Waals surface area contributed by atoms with Crippen LogP contribution in [-0.4, -0.2) is 47.9 Å². The lowest BCUT2D eigenvalue weighted by Gasteiger charge is -2.31. The lowest BCUT2D eigenvalue weighted by atomic mass is 10.0. The molecule has 2 aromatic rings. The number of rotatable bonds is 2. The normalized spacial score (nSPS) is 24.3. The molecular formula is C18H20N2OS. The minimum absolute atomic E-state index is 0.200. The zero-order valence-corrected chi connectivity index (χ0v) is 13.4. The quantitative estimate of drug-likeness (QED) is 0.849. The molecule has 4 heteroatoms. The molecule has 1 aromatic carbocycles. The highest BCUT2D eigenvalue weighted by Gasteiger charge is 2.32. The molecule has 4 heterocycles. The zero-order valence-electron chi connectivity index (χ0n) is 12.6. The maximum absolute atomic E-state index is 12.8. The molecule has 0 N–H and O–H groups in total. The van der Waals surface area contributed by atoms with Crippen LogP contribution in [-0.2, 0) is 0 Å². The van der Waals surface area contributed by atoms with Gasteiger partial charge in [-0.1, -0.05) is 18.2 Å². The van der Waals surface area contributed by atoms with Crippen LogP contribution in [0.1, 0.15) is 23.2 Å². The third-order valence-electron chi connectivity index (χ3n) is 4.85. The first-order valence-electron chi connectivity index (χ1n) is 7.98. The maximum Gasteiger partial charge on any atom is 0.254 e. The lowest BCUT2D eigenvalue weighted by Crippen LogP contribution is -2.41. The molecule has 3 aliphatic heterocycles. The number of benzene rings is 1. The zero-order chi connectivity index (χ0) is 14.9. The van der Waals surface area contributed by atoms with E-state index in [9.17, 15) is 4.79 Å². The van der Waals surface area contributed by atoms with Crippen molar-refractivity contribution in [3.05, 3.63) is 47.3 Å². The highest BCUT2D eigenvalue weighted by Crippen LogP contribution is 2.26. The number of nitrogens with zero attached hydrogens (tertiary/aromatic N) is 2. The van der Waals surface area contributed by atoms with Gasteiger partial charge in [-0.3, -0.25) is 4.79 Å². The Morgan fingerprint density at radius 3 is 2.45 bits per heavy atom. The Morgan fingerprint density at radius 2 is 1.77 bits per heavy atom. The molecule has 0 aliphatic carbocycles. The van der Waals surface area contributed by atoms with Gasteiger partial charge in [-0.2, -0.15) is 0 Å². The first kappa shape index (κ1) is 14.0. The van der Waals surface area contributed by atoms with Crippen LogP contribution in [0.4, 0.5) is 0 Å². The lowest BCUT2D eigenvalue weighted by molar-refractivity contribution is 0.0685. The predicted octanol–water partition coefficient (Wildman–Crippen LogP) is 3.34. The fourth-order valence-electron chi connectivity index (χ4n) is 3.54. The molecule has 0 atom stereocenters. The molecule has 3 saturated heterocycles. The van der Waals surface area contributed by atoms with Crippen molar-refractivity contribution in [2.45, 2.75) is 18.9 Å². The van der Waals surface area contributed by atoms with Crippen molar-refractivity contribution < 1.29 is 4.79 Å². The number of piperidine rings is 1. The number of carbonyl (C=O) groups is 1. The SMILES string of the molecule is O=C(c1ccc(-c2cccs2)cc1)N1CCN2CCC1CC2. The van der Waals surface area contributed by atoms with Gasteiger partial charge in [0.2, 0.25) is 0 Å². The topological polar surface area (TPSA) is 23.6 Å². The maximum atomic E-state index is 12.8. The Balaban J connectivity index is 1.55. The van der Waals surface area contributed by atoms with E-state index >= 15 is 0 Å². The Morgan fingerprint density at radius 1 is 1.00 bits per heavy atom. The van der Waals surface area contributed by atoms with Gasteiger partial charge < -0.3 is 9.80 Å². The smallest absolute Gasteiger partial charge is 0.254 e. The van der Waals surface area contributed by atoms with Crippen LogP contribution in [0.25, 0.3) is 10.4 Å². The van der Waals surface area contributed by atoms with Crippen LogP contribution in [0.5, 0.6) is 0 Å². The molecule has 0 spiro atoms. The van der Waals surface area contributed by atoms with Gasteiger partial charge in [0.25, 0.3) is 5.91 Å². The fraction of sp³-hybridized carbons (Fsp3) is 0.389. The van der Waals surface area contributed by atoms with Crippen LogP contribution in [0, 0.1) is 0 Å². The van der Waals surface area contributed by atoms with E-state index < -0.39 is 0 Å². The van der Waals surface area contributed by atoms with Crippen molar-refractivity contribution in [2.75, 3.05) is 26.2 Å². The van der Waals surface area contributed by atoms with E-state index in [4.69, 9.17) is 0 Å². The summed E-state index contributed by atoms with van der Waals surface area (Å²) in [4.78, 5) is 18.7. The van der Waals surface area contributed by atoms with Crippen molar-refractivity contribution >= 4 is 17.2 Å². The summed E-state index contributed by atoms with van der Waals surface area (Å²) < 4.78 is 0. The summed E-state index contributed by atoms with van der Waals surface area (Å²) in [6.07, 6.45) is 2.25. The summed E-state index contributed by atoms with van der Waals surface area (Å²) in [6, 6.07) is 12.7. The second-order valence-corrected chi connectivity index (χ2v) is 7.07. The first-order chi connectivity index (χ1) is 10.8. The summed E-state index contributed by atoms with van der Waals surface area (Å²) >= 11 is 1.73. The van der Waals surface area contributed by atoms with Crippen molar-refractivity contribution in [1.29, 1.82) is 0 Å². The van der Waals surface area contributed by atoms with Crippen LogP contribution in [0.15, 0.2) is 41.8 Å². The predicted molar refractivity (Wildman–Crippen MR) is 90.3 cm³/mol. The van der Waals surface area contributed by atoms with E-state index in [1.54, 1.807) is 11.3 Å². The summed E-state index contributed by atoms with van der Waals surface area (Å²) in [5.41, 5.74) is 2.01. The Kier molecular flexibility index (Phi) is 3.72. The number of hydrogen-bond donors (Lipinski definition) is 0. The van der Waals surface area contributed by atoms with E-state index in [-0.39, 0.29) is 5.91 Å². The second kappa shape index (κ2) is 5.86. The van der Waals surface area contributed by atoms with Crippen LogP contribution in [0.3, 0.4) is 0 Å². The number of fused-ring (bicyclic) bond motifs is 4. The number of hydrogen-bond acceptors (Lipinski definition) is 3. The van der Waals surface area contributed by atoms with Gasteiger partial charge in [-0.05, 0) is 42.0 Å². The average molecular weight is 312 g/mol. The monoisotopic (exact) mass is 312 g/mol. The molecule has 5 rings (SSSR count). The summed E-state index contributed by atoms with van der Waals surface area (Å²) in [5.74, 6) is 0.200. The Bertz CT molecular complexity index is 642. The molecule has 3 fully saturated rings. The minimum atomic E-state index is 0.200. The largest absolute Gasteiger partial charge is 0.334 e. The van der Waals surface area contributed by atoms with Crippen molar-refractivity contribution in [3.8, 4) is 10.4 Å². The van der Waals surface area contributed by atoms with Crippen molar-refractivity contribution in [1.82, 2.24) is 9.80 Å².